The summed E-state index contributed by atoms with van der Waals surface area (Å²) in [4.78, 5) is 12.4. The van der Waals surface area contributed by atoms with E-state index in [0.717, 1.165) is 0 Å². The van der Waals surface area contributed by atoms with Gasteiger partial charge in [-0.1, -0.05) is 24.3 Å². The lowest BCUT2D eigenvalue weighted by atomic mass is 10.1. The van der Waals surface area contributed by atoms with Gasteiger partial charge in [0.1, 0.15) is 11.5 Å². The molecule has 2 aromatic carbocycles. The Morgan fingerprint density at radius 3 is 2.44 bits per heavy atom. The van der Waals surface area contributed by atoms with E-state index in [1.165, 1.54) is 35.1 Å². The Morgan fingerprint density at radius 2 is 1.81 bits per heavy atom. The van der Waals surface area contributed by atoms with Gasteiger partial charge in [0.25, 0.3) is 5.91 Å². The number of para-hydroxylation sites is 1. The molecule has 0 spiro atoms. The molecule has 0 bridgehead atoms. The van der Waals surface area contributed by atoms with Gasteiger partial charge in [0.15, 0.2) is 5.69 Å². The van der Waals surface area contributed by atoms with E-state index in [2.05, 4.69) is 10.4 Å². The maximum absolute atomic E-state index is 13.8. The van der Waals surface area contributed by atoms with Crippen molar-refractivity contribution in [3.05, 3.63) is 77.9 Å². The molecule has 3 aromatic rings. The first-order valence-corrected chi connectivity index (χ1v) is 9.54. The second-order valence-corrected chi connectivity index (χ2v) is 7.47. The Morgan fingerprint density at radius 1 is 1.15 bits per heavy atom. The molecule has 27 heavy (non-hydrogen) atoms. The first-order chi connectivity index (χ1) is 12.8. The van der Waals surface area contributed by atoms with Crippen LogP contribution in [0.3, 0.4) is 0 Å². The molecule has 0 aliphatic carbocycles. The maximum Gasteiger partial charge on any atom is 0.272 e. The molecule has 140 valence electrons. The number of carbonyl (C=O) groups is 1. The topological polar surface area (TPSA) is 107 Å². The summed E-state index contributed by atoms with van der Waals surface area (Å²) in [5.74, 6) is -0.885. The van der Waals surface area contributed by atoms with E-state index in [9.17, 15) is 17.6 Å². The minimum absolute atomic E-state index is 0.00610. The summed E-state index contributed by atoms with van der Waals surface area (Å²) in [7, 11) is -3.77. The lowest BCUT2D eigenvalue weighted by molar-refractivity contribution is 0.0934. The summed E-state index contributed by atoms with van der Waals surface area (Å²) in [5.41, 5.74) is 1.07. The lowest BCUT2D eigenvalue weighted by Gasteiger charge is -2.13. The van der Waals surface area contributed by atoms with Crippen LogP contribution < -0.4 is 10.5 Å². The first kappa shape index (κ1) is 18.7. The number of sulfonamides is 1. The second kappa shape index (κ2) is 7.29. The normalized spacial score (nSPS) is 12.6. The van der Waals surface area contributed by atoms with Crippen LogP contribution in [0, 0.1) is 5.82 Å². The molecule has 1 aromatic heterocycles. The van der Waals surface area contributed by atoms with Gasteiger partial charge in [0, 0.05) is 6.20 Å². The molecule has 7 nitrogen and oxygen atoms in total. The SMILES string of the molecule is C[C@H](NC(=O)c1ccn(-c2ccccc2F)n1)c1ccc(S(N)(=O)=O)cc1. The van der Waals surface area contributed by atoms with Crippen LogP contribution in [0.15, 0.2) is 65.7 Å². The quantitative estimate of drug-likeness (QED) is 0.698. The van der Waals surface area contributed by atoms with Crippen molar-refractivity contribution >= 4 is 15.9 Å². The number of aromatic nitrogens is 2. The van der Waals surface area contributed by atoms with Gasteiger partial charge in [-0.15, -0.1) is 0 Å². The number of nitrogens with zero attached hydrogens (tertiary/aromatic N) is 2. The predicted molar refractivity (Wildman–Crippen MR) is 97.2 cm³/mol. The van der Waals surface area contributed by atoms with E-state index in [4.69, 9.17) is 5.14 Å². The minimum atomic E-state index is -3.77. The molecule has 0 radical (unpaired) electrons. The fraction of sp³-hybridized carbons (Fsp3) is 0.111. The van der Waals surface area contributed by atoms with E-state index in [0.29, 0.717) is 5.56 Å². The molecule has 3 rings (SSSR count). The van der Waals surface area contributed by atoms with Crippen LogP contribution in [-0.2, 0) is 10.0 Å². The summed E-state index contributed by atoms with van der Waals surface area (Å²) in [6, 6.07) is 13.1. The third kappa shape index (κ3) is 4.21. The smallest absolute Gasteiger partial charge is 0.272 e. The average Bonchev–Trinajstić information content (AvgIpc) is 3.11. The van der Waals surface area contributed by atoms with Crippen LogP contribution >= 0.6 is 0 Å². The number of rotatable bonds is 5. The number of nitrogens with one attached hydrogen (secondary N) is 1. The Labute approximate surface area is 155 Å². The zero-order chi connectivity index (χ0) is 19.6. The third-order valence-corrected chi connectivity index (χ3v) is 4.91. The monoisotopic (exact) mass is 388 g/mol. The van der Waals surface area contributed by atoms with E-state index < -0.39 is 27.8 Å². The van der Waals surface area contributed by atoms with Gasteiger partial charge >= 0.3 is 0 Å². The second-order valence-electron chi connectivity index (χ2n) is 5.91. The van der Waals surface area contributed by atoms with Crippen molar-refractivity contribution < 1.29 is 17.6 Å². The number of carbonyl (C=O) groups excluding carboxylic acids is 1. The van der Waals surface area contributed by atoms with Gasteiger partial charge in [-0.25, -0.2) is 22.6 Å². The Balaban J connectivity index is 1.73. The molecule has 0 unspecified atom stereocenters. The van der Waals surface area contributed by atoms with Gasteiger partial charge in [0.2, 0.25) is 10.0 Å². The van der Waals surface area contributed by atoms with Crippen molar-refractivity contribution in [3.63, 3.8) is 0 Å². The molecule has 0 fully saturated rings. The predicted octanol–water partition coefficient (Wildman–Crippen LogP) is 2.15. The fourth-order valence-electron chi connectivity index (χ4n) is 2.52. The molecule has 0 saturated carbocycles. The molecule has 9 heteroatoms. The van der Waals surface area contributed by atoms with Gasteiger partial charge in [0.05, 0.1) is 10.9 Å². The molecular weight excluding hydrogens is 371 g/mol. The number of benzene rings is 2. The summed E-state index contributed by atoms with van der Waals surface area (Å²) >= 11 is 0. The van der Waals surface area contributed by atoms with E-state index in [1.807, 2.05) is 0 Å². The molecular formula is C18H17FN4O3S. The molecule has 1 atom stereocenters. The lowest BCUT2D eigenvalue weighted by Crippen LogP contribution is -2.27. The summed E-state index contributed by atoms with van der Waals surface area (Å²) in [6.07, 6.45) is 1.50. The van der Waals surface area contributed by atoms with Crippen LogP contribution in [-0.4, -0.2) is 24.1 Å². The molecule has 0 saturated heterocycles. The summed E-state index contributed by atoms with van der Waals surface area (Å²) < 4.78 is 37.7. The van der Waals surface area contributed by atoms with Crippen molar-refractivity contribution in [3.8, 4) is 5.69 Å². The highest BCUT2D eigenvalue weighted by atomic mass is 32.2. The van der Waals surface area contributed by atoms with Crippen LogP contribution in [0.2, 0.25) is 0 Å². The molecule has 0 aliphatic heterocycles. The maximum atomic E-state index is 13.8. The van der Waals surface area contributed by atoms with Crippen molar-refractivity contribution in [1.29, 1.82) is 0 Å². The van der Waals surface area contributed by atoms with Crippen LogP contribution in [0.25, 0.3) is 5.69 Å². The molecule has 0 aliphatic rings. The number of hydrogen-bond acceptors (Lipinski definition) is 4. The zero-order valence-electron chi connectivity index (χ0n) is 14.3. The van der Waals surface area contributed by atoms with E-state index in [-0.39, 0.29) is 16.3 Å². The van der Waals surface area contributed by atoms with Crippen LogP contribution in [0.1, 0.15) is 29.0 Å². The van der Waals surface area contributed by atoms with Gasteiger partial charge < -0.3 is 5.32 Å². The number of primary sulfonamides is 1. The fourth-order valence-corrected chi connectivity index (χ4v) is 3.03. The summed E-state index contributed by atoms with van der Waals surface area (Å²) in [5, 5.41) is 11.9. The van der Waals surface area contributed by atoms with E-state index in [1.54, 1.807) is 37.3 Å². The zero-order valence-corrected chi connectivity index (χ0v) is 15.2. The number of halogens is 1. The molecule has 1 amide bonds. The average molecular weight is 388 g/mol. The number of amides is 1. The Bertz CT molecular complexity index is 1080. The third-order valence-electron chi connectivity index (χ3n) is 3.98. The van der Waals surface area contributed by atoms with Crippen molar-refractivity contribution in [2.75, 3.05) is 0 Å². The largest absolute Gasteiger partial charge is 0.344 e. The van der Waals surface area contributed by atoms with Crippen molar-refractivity contribution in [2.45, 2.75) is 17.9 Å². The highest BCUT2D eigenvalue weighted by Gasteiger charge is 2.16. The van der Waals surface area contributed by atoms with Crippen molar-refractivity contribution in [1.82, 2.24) is 15.1 Å². The molecule has 3 N–H and O–H groups in total. The Hall–Kier alpha value is -3.04. The van der Waals surface area contributed by atoms with Gasteiger partial charge in [-0.3, -0.25) is 4.79 Å². The van der Waals surface area contributed by atoms with Gasteiger partial charge in [-0.05, 0) is 42.8 Å². The minimum Gasteiger partial charge on any atom is -0.344 e. The number of hydrogen-bond donors (Lipinski definition) is 2. The van der Waals surface area contributed by atoms with Crippen LogP contribution in [0.5, 0.6) is 0 Å². The van der Waals surface area contributed by atoms with E-state index >= 15 is 0 Å². The Kier molecular flexibility index (Phi) is 5.06. The number of nitrogens with two attached hydrogens (primary N) is 1. The highest BCUT2D eigenvalue weighted by molar-refractivity contribution is 7.89. The van der Waals surface area contributed by atoms with Gasteiger partial charge in [-0.2, -0.15) is 5.10 Å². The first-order valence-electron chi connectivity index (χ1n) is 8.00. The summed E-state index contributed by atoms with van der Waals surface area (Å²) in [6.45, 7) is 1.75. The standard InChI is InChI=1S/C18H17FN4O3S/c1-12(13-6-8-14(9-7-13)27(20,25)26)21-18(24)16-10-11-23(22-16)17-5-3-2-4-15(17)19/h2-12H,1H3,(H,21,24)(H2,20,25,26)/t12-/m0/s1. The highest BCUT2D eigenvalue weighted by Crippen LogP contribution is 2.17. The van der Waals surface area contributed by atoms with Crippen molar-refractivity contribution in [2.24, 2.45) is 5.14 Å². The molecule has 1 heterocycles. The van der Waals surface area contributed by atoms with Crippen LogP contribution in [0.4, 0.5) is 4.39 Å².